The van der Waals surface area contributed by atoms with Crippen LogP contribution in [0.15, 0.2) is 53.3 Å². The molecule has 4 rings (SSSR count). The quantitative estimate of drug-likeness (QED) is 0.830. The number of halogens is 1. The van der Waals surface area contributed by atoms with Crippen molar-refractivity contribution in [2.45, 2.75) is 31.7 Å². The first-order chi connectivity index (χ1) is 10.7. The van der Waals surface area contributed by atoms with Crippen LogP contribution in [0.5, 0.6) is 0 Å². The van der Waals surface area contributed by atoms with E-state index in [1.165, 1.54) is 22.4 Å². The third kappa shape index (κ3) is 2.20. The Morgan fingerprint density at radius 2 is 2.14 bits per heavy atom. The van der Waals surface area contributed by atoms with Gasteiger partial charge in [0.15, 0.2) is 0 Å². The van der Waals surface area contributed by atoms with E-state index in [0.717, 1.165) is 31.5 Å². The molecular weight excluding hydrogens is 275 g/mol. The molecule has 0 aromatic heterocycles. The molecule has 0 saturated carbocycles. The molecule has 2 atom stereocenters. The molecule has 2 heterocycles. The molecule has 0 bridgehead atoms. The van der Waals surface area contributed by atoms with Crippen molar-refractivity contribution < 1.29 is 4.39 Å². The first kappa shape index (κ1) is 13.8. The number of nitrogens with one attached hydrogen (secondary N) is 2. The van der Waals surface area contributed by atoms with Crippen molar-refractivity contribution in [3.8, 4) is 0 Å². The standard InChI is InChI=1S/C19H21FN2/c1-12-11-13(5-6-16(12)20)14-3-2-4-18-19(14)15-7-9-21-10-8-17(15)22-18/h2-6,11,14,17,21-22H,7-10H2,1H3/t14?,17-/m0/s1. The molecule has 2 nitrogen and oxygen atoms in total. The van der Waals surface area contributed by atoms with Crippen LogP contribution in [0, 0.1) is 12.7 Å². The van der Waals surface area contributed by atoms with Crippen molar-refractivity contribution in [2.75, 3.05) is 13.1 Å². The monoisotopic (exact) mass is 296 g/mol. The Kier molecular flexibility index (Phi) is 3.38. The maximum Gasteiger partial charge on any atom is 0.126 e. The number of rotatable bonds is 1. The predicted molar refractivity (Wildman–Crippen MR) is 87.2 cm³/mol. The summed E-state index contributed by atoms with van der Waals surface area (Å²) in [6.07, 6.45) is 8.76. The number of aryl methyl sites for hydroxylation is 1. The zero-order valence-electron chi connectivity index (χ0n) is 12.8. The normalized spacial score (nSPS) is 26.9. The average molecular weight is 296 g/mol. The van der Waals surface area contributed by atoms with Gasteiger partial charge in [-0.3, -0.25) is 0 Å². The highest BCUT2D eigenvalue weighted by molar-refractivity contribution is 5.56. The van der Waals surface area contributed by atoms with Gasteiger partial charge >= 0.3 is 0 Å². The average Bonchev–Trinajstić information content (AvgIpc) is 2.72. The highest BCUT2D eigenvalue weighted by Gasteiger charge is 2.34. The minimum Gasteiger partial charge on any atom is -0.378 e. The number of benzene rings is 1. The van der Waals surface area contributed by atoms with Crippen LogP contribution in [0.3, 0.4) is 0 Å². The molecule has 22 heavy (non-hydrogen) atoms. The Labute approximate surface area is 130 Å². The van der Waals surface area contributed by atoms with E-state index in [0.29, 0.717) is 6.04 Å². The van der Waals surface area contributed by atoms with Crippen LogP contribution < -0.4 is 10.6 Å². The van der Waals surface area contributed by atoms with Gasteiger partial charge in [0.2, 0.25) is 0 Å². The smallest absolute Gasteiger partial charge is 0.126 e. The number of fused-ring (bicyclic) bond motifs is 2. The van der Waals surface area contributed by atoms with E-state index in [1.54, 1.807) is 6.07 Å². The lowest BCUT2D eigenvalue weighted by Gasteiger charge is -2.21. The van der Waals surface area contributed by atoms with Crippen LogP contribution in [0.4, 0.5) is 4.39 Å². The largest absolute Gasteiger partial charge is 0.378 e. The summed E-state index contributed by atoms with van der Waals surface area (Å²) in [4.78, 5) is 0. The van der Waals surface area contributed by atoms with Gasteiger partial charge in [-0.25, -0.2) is 4.39 Å². The molecule has 1 fully saturated rings. The molecule has 1 aromatic carbocycles. The van der Waals surface area contributed by atoms with E-state index < -0.39 is 0 Å². The molecule has 0 spiro atoms. The Hall–Kier alpha value is -1.87. The summed E-state index contributed by atoms with van der Waals surface area (Å²) in [7, 11) is 0. The lowest BCUT2D eigenvalue weighted by Crippen LogP contribution is -2.25. The van der Waals surface area contributed by atoms with Crippen molar-refractivity contribution >= 4 is 0 Å². The fraction of sp³-hybridized carbons (Fsp3) is 0.368. The van der Waals surface area contributed by atoms with Gasteiger partial charge in [0.05, 0.1) is 0 Å². The van der Waals surface area contributed by atoms with E-state index in [1.807, 2.05) is 19.1 Å². The molecule has 0 radical (unpaired) electrons. The van der Waals surface area contributed by atoms with E-state index in [4.69, 9.17) is 0 Å². The molecule has 1 aliphatic carbocycles. The number of allylic oxidation sites excluding steroid dienone is 4. The van der Waals surface area contributed by atoms with Crippen LogP contribution in [0.2, 0.25) is 0 Å². The summed E-state index contributed by atoms with van der Waals surface area (Å²) < 4.78 is 13.6. The van der Waals surface area contributed by atoms with Gasteiger partial charge in [-0.1, -0.05) is 24.3 Å². The topological polar surface area (TPSA) is 24.1 Å². The minimum atomic E-state index is -0.127. The molecule has 114 valence electrons. The molecule has 1 saturated heterocycles. The van der Waals surface area contributed by atoms with Crippen LogP contribution in [-0.4, -0.2) is 19.1 Å². The lowest BCUT2D eigenvalue weighted by molar-refractivity contribution is 0.613. The molecule has 1 aromatic rings. The zero-order valence-corrected chi connectivity index (χ0v) is 12.8. The van der Waals surface area contributed by atoms with Crippen molar-refractivity contribution in [3.63, 3.8) is 0 Å². The van der Waals surface area contributed by atoms with Crippen LogP contribution >= 0.6 is 0 Å². The summed E-state index contributed by atoms with van der Waals surface area (Å²) in [5, 5.41) is 7.16. The predicted octanol–water partition coefficient (Wildman–Crippen LogP) is 3.32. The summed E-state index contributed by atoms with van der Waals surface area (Å²) in [6.45, 7) is 3.95. The summed E-state index contributed by atoms with van der Waals surface area (Å²) >= 11 is 0. The summed E-state index contributed by atoms with van der Waals surface area (Å²) in [5.74, 6) is 0.114. The number of hydrogen-bond acceptors (Lipinski definition) is 2. The molecular formula is C19H21FN2. The Morgan fingerprint density at radius 1 is 1.23 bits per heavy atom. The van der Waals surface area contributed by atoms with E-state index in [-0.39, 0.29) is 11.7 Å². The Bertz CT molecular complexity index is 699. The molecule has 3 heteroatoms. The number of hydrogen-bond donors (Lipinski definition) is 2. The minimum absolute atomic E-state index is 0.127. The van der Waals surface area contributed by atoms with Crippen molar-refractivity contribution in [1.82, 2.24) is 10.6 Å². The SMILES string of the molecule is Cc1cc(C2C=CC=C3N[C@H]4CCNCCC4=C32)ccc1F. The third-order valence-electron chi connectivity index (χ3n) is 4.99. The molecule has 2 aliphatic heterocycles. The van der Waals surface area contributed by atoms with Crippen LogP contribution in [0.25, 0.3) is 0 Å². The highest BCUT2D eigenvalue weighted by atomic mass is 19.1. The van der Waals surface area contributed by atoms with E-state index in [2.05, 4.69) is 28.9 Å². The highest BCUT2D eigenvalue weighted by Crippen LogP contribution is 2.42. The van der Waals surface area contributed by atoms with E-state index >= 15 is 0 Å². The molecule has 0 amide bonds. The first-order valence-electron chi connectivity index (χ1n) is 8.09. The van der Waals surface area contributed by atoms with Gasteiger partial charge in [-0.05, 0) is 67.3 Å². The first-order valence-corrected chi connectivity index (χ1v) is 8.09. The van der Waals surface area contributed by atoms with Crippen molar-refractivity contribution in [3.05, 3.63) is 70.2 Å². The van der Waals surface area contributed by atoms with Gasteiger partial charge in [-0.2, -0.15) is 0 Å². The fourth-order valence-electron chi connectivity index (χ4n) is 3.87. The molecule has 1 unspecified atom stereocenters. The zero-order chi connectivity index (χ0) is 15.1. The second-order valence-electron chi connectivity index (χ2n) is 6.38. The second-order valence-corrected chi connectivity index (χ2v) is 6.38. The van der Waals surface area contributed by atoms with Gasteiger partial charge in [0, 0.05) is 17.7 Å². The fourth-order valence-corrected chi connectivity index (χ4v) is 3.87. The van der Waals surface area contributed by atoms with Gasteiger partial charge in [0.1, 0.15) is 5.82 Å². The second kappa shape index (κ2) is 5.40. The van der Waals surface area contributed by atoms with Crippen molar-refractivity contribution in [2.24, 2.45) is 0 Å². The molecule has 3 aliphatic rings. The van der Waals surface area contributed by atoms with Gasteiger partial charge < -0.3 is 10.6 Å². The van der Waals surface area contributed by atoms with Gasteiger partial charge in [-0.15, -0.1) is 0 Å². The van der Waals surface area contributed by atoms with E-state index in [9.17, 15) is 4.39 Å². The van der Waals surface area contributed by atoms with Crippen LogP contribution in [-0.2, 0) is 0 Å². The summed E-state index contributed by atoms with van der Waals surface area (Å²) in [5.41, 5.74) is 6.12. The Morgan fingerprint density at radius 3 is 3.00 bits per heavy atom. The third-order valence-corrected chi connectivity index (χ3v) is 4.99. The molecule has 2 N–H and O–H groups in total. The maximum atomic E-state index is 13.6. The maximum absolute atomic E-state index is 13.6. The van der Waals surface area contributed by atoms with Crippen molar-refractivity contribution in [1.29, 1.82) is 0 Å². The summed E-state index contributed by atoms with van der Waals surface area (Å²) in [6, 6.07) is 5.97. The van der Waals surface area contributed by atoms with Crippen LogP contribution in [0.1, 0.15) is 29.9 Å². The van der Waals surface area contributed by atoms with Gasteiger partial charge in [0.25, 0.3) is 0 Å². The lowest BCUT2D eigenvalue weighted by atomic mass is 9.82. The Balaban J connectivity index is 1.79.